The zero-order chi connectivity index (χ0) is 22.5. The quantitative estimate of drug-likeness (QED) is 0.290. The van der Waals surface area contributed by atoms with Gasteiger partial charge in [0.05, 0.1) is 7.11 Å². The third kappa shape index (κ3) is 5.03. The number of halogens is 3. The van der Waals surface area contributed by atoms with Crippen molar-refractivity contribution < 1.29 is 18.3 Å². The van der Waals surface area contributed by atoms with Crippen LogP contribution in [0, 0.1) is 11.6 Å². The van der Waals surface area contributed by atoms with Crippen molar-refractivity contribution in [2.24, 2.45) is 0 Å². The molecule has 4 rings (SSSR count). The van der Waals surface area contributed by atoms with Crippen LogP contribution in [0.2, 0.25) is 5.02 Å². The topological polar surface area (TPSA) is 49.2 Å². The van der Waals surface area contributed by atoms with Crippen molar-refractivity contribution in [3.8, 4) is 17.2 Å². The Bertz CT molecular complexity index is 1180. The zero-order valence-electron chi connectivity index (χ0n) is 17.0. The van der Waals surface area contributed by atoms with Gasteiger partial charge in [0.1, 0.15) is 29.7 Å². The maximum absolute atomic E-state index is 14.1. The summed E-state index contributed by atoms with van der Waals surface area (Å²) in [5.41, 5.74) is 0.753. The summed E-state index contributed by atoms with van der Waals surface area (Å²) in [6.45, 7) is 0.134. The molecule has 0 saturated heterocycles. The maximum atomic E-state index is 14.1. The molecule has 0 unspecified atom stereocenters. The van der Waals surface area contributed by atoms with Gasteiger partial charge >= 0.3 is 0 Å². The van der Waals surface area contributed by atoms with Crippen molar-refractivity contribution in [1.29, 1.82) is 0 Å². The number of thioether (sulfide) groups is 1. The minimum Gasteiger partial charge on any atom is -0.497 e. The molecule has 32 heavy (non-hydrogen) atoms. The molecule has 0 aliphatic rings. The Kier molecular flexibility index (Phi) is 6.92. The Morgan fingerprint density at radius 2 is 1.56 bits per heavy atom. The van der Waals surface area contributed by atoms with Gasteiger partial charge < -0.3 is 9.47 Å². The maximum Gasteiger partial charge on any atom is 0.196 e. The van der Waals surface area contributed by atoms with Crippen molar-refractivity contribution in [3.63, 3.8) is 0 Å². The van der Waals surface area contributed by atoms with Crippen LogP contribution in [0.1, 0.15) is 11.4 Å². The van der Waals surface area contributed by atoms with Gasteiger partial charge in [0, 0.05) is 22.0 Å². The lowest BCUT2D eigenvalue weighted by Gasteiger charge is -2.12. The van der Waals surface area contributed by atoms with Crippen LogP contribution in [-0.4, -0.2) is 21.9 Å². The average molecular weight is 474 g/mol. The molecule has 0 spiro atoms. The first-order chi connectivity index (χ1) is 15.5. The summed E-state index contributed by atoms with van der Waals surface area (Å²) in [5, 5.41) is 9.57. The highest BCUT2D eigenvalue weighted by Crippen LogP contribution is 2.29. The minimum atomic E-state index is -0.598. The summed E-state index contributed by atoms with van der Waals surface area (Å²) in [4.78, 5) is 0. The fourth-order valence-corrected chi connectivity index (χ4v) is 4.08. The molecule has 0 aliphatic carbocycles. The Balaban J connectivity index is 1.62. The Hall–Kier alpha value is -3.10. The number of aromatic nitrogens is 3. The molecule has 0 N–H and O–H groups in total. The number of hydrogen-bond acceptors (Lipinski definition) is 5. The monoisotopic (exact) mass is 473 g/mol. The lowest BCUT2D eigenvalue weighted by atomic mass is 10.2. The van der Waals surface area contributed by atoms with Gasteiger partial charge in [0.15, 0.2) is 11.0 Å². The fourth-order valence-electron chi connectivity index (χ4n) is 2.96. The minimum absolute atomic E-state index is 0.0132. The first kappa shape index (κ1) is 22.1. The summed E-state index contributed by atoms with van der Waals surface area (Å²) < 4.78 is 41.0. The normalized spacial score (nSPS) is 10.9. The molecule has 0 radical (unpaired) electrons. The standard InChI is InChI=1S/C23H18ClF2N3O2S/c1-30-17-11-7-16(8-12-17)29-22(13-31-18-9-5-15(24)6-10-18)27-28-23(29)32-14-19-20(25)3-2-4-21(19)26/h2-12H,13-14H2,1H3. The number of hydrogen-bond donors (Lipinski definition) is 0. The van der Waals surface area contributed by atoms with E-state index in [1.165, 1.54) is 30.0 Å². The van der Waals surface area contributed by atoms with E-state index in [0.29, 0.717) is 27.5 Å². The summed E-state index contributed by atoms with van der Waals surface area (Å²) in [7, 11) is 1.59. The molecule has 0 fully saturated rings. The van der Waals surface area contributed by atoms with Crippen LogP contribution in [0.5, 0.6) is 11.5 Å². The second-order valence-electron chi connectivity index (χ2n) is 6.66. The summed E-state index contributed by atoms with van der Waals surface area (Å²) in [5.74, 6) is 0.718. The molecular weight excluding hydrogens is 456 g/mol. The van der Waals surface area contributed by atoms with E-state index in [4.69, 9.17) is 21.1 Å². The Morgan fingerprint density at radius 3 is 2.22 bits per heavy atom. The van der Waals surface area contributed by atoms with E-state index in [-0.39, 0.29) is 17.9 Å². The largest absolute Gasteiger partial charge is 0.497 e. The molecule has 0 saturated carbocycles. The van der Waals surface area contributed by atoms with E-state index in [0.717, 1.165) is 5.69 Å². The van der Waals surface area contributed by atoms with Gasteiger partial charge in [0.25, 0.3) is 0 Å². The Morgan fingerprint density at radius 1 is 0.906 bits per heavy atom. The molecule has 1 aromatic heterocycles. The second-order valence-corrected chi connectivity index (χ2v) is 8.04. The number of benzene rings is 3. The van der Waals surface area contributed by atoms with Crippen molar-refractivity contribution >= 4 is 23.4 Å². The van der Waals surface area contributed by atoms with Crippen molar-refractivity contribution in [1.82, 2.24) is 14.8 Å². The molecule has 1 heterocycles. The third-order valence-electron chi connectivity index (χ3n) is 4.62. The van der Waals surface area contributed by atoms with Gasteiger partial charge in [-0.15, -0.1) is 10.2 Å². The van der Waals surface area contributed by atoms with Gasteiger partial charge in [-0.05, 0) is 60.7 Å². The number of rotatable bonds is 8. The van der Waals surface area contributed by atoms with E-state index in [1.54, 1.807) is 35.9 Å². The van der Waals surface area contributed by atoms with E-state index in [1.807, 2.05) is 24.3 Å². The lowest BCUT2D eigenvalue weighted by Crippen LogP contribution is -2.07. The zero-order valence-corrected chi connectivity index (χ0v) is 18.5. The first-order valence-corrected chi connectivity index (χ1v) is 10.9. The van der Waals surface area contributed by atoms with E-state index >= 15 is 0 Å². The van der Waals surface area contributed by atoms with Crippen LogP contribution in [0.4, 0.5) is 8.78 Å². The lowest BCUT2D eigenvalue weighted by molar-refractivity contribution is 0.293. The molecule has 4 aromatic rings. The van der Waals surface area contributed by atoms with Gasteiger partial charge in [-0.25, -0.2) is 8.78 Å². The SMILES string of the molecule is COc1ccc(-n2c(COc3ccc(Cl)cc3)nnc2SCc2c(F)cccc2F)cc1. The van der Waals surface area contributed by atoms with Crippen molar-refractivity contribution in [2.75, 3.05) is 7.11 Å². The van der Waals surface area contributed by atoms with Crippen LogP contribution < -0.4 is 9.47 Å². The molecule has 0 amide bonds. The third-order valence-corrected chi connectivity index (χ3v) is 5.83. The number of methoxy groups -OCH3 is 1. The van der Waals surface area contributed by atoms with Gasteiger partial charge in [-0.1, -0.05) is 29.4 Å². The summed E-state index contributed by atoms with van der Waals surface area (Å²) >= 11 is 7.10. The van der Waals surface area contributed by atoms with E-state index in [9.17, 15) is 8.78 Å². The van der Waals surface area contributed by atoms with Crippen LogP contribution in [0.3, 0.4) is 0 Å². The smallest absolute Gasteiger partial charge is 0.196 e. The second kappa shape index (κ2) is 10.0. The molecule has 0 atom stereocenters. The highest BCUT2D eigenvalue weighted by Gasteiger charge is 2.17. The molecular formula is C23H18ClF2N3O2S. The predicted octanol–water partition coefficient (Wildman–Crippen LogP) is 6.08. The fraction of sp³-hybridized carbons (Fsp3) is 0.130. The summed E-state index contributed by atoms with van der Waals surface area (Å²) in [6.07, 6.45) is 0. The van der Waals surface area contributed by atoms with E-state index in [2.05, 4.69) is 10.2 Å². The van der Waals surface area contributed by atoms with Crippen LogP contribution in [-0.2, 0) is 12.4 Å². The highest BCUT2D eigenvalue weighted by molar-refractivity contribution is 7.98. The van der Waals surface area contributed by atoms with Crippen molar-refractivity contribution in [3.05, 3.63) is 94.8 Å². The molecule has 0 bridgehead atoms. The molecule has 5 nitrogen and oxygen atoms in total. The Labute approximate surface area is 193 Å². The van der Waals surface area contributed by atoms with Crippen LogP contribution >= 0.6 is 23.4 Å². The van der Waals surface area contributed by atoms with Gasteiger partial charge in [0.2, 0.25) is 0 Å². The van der Waals surface area contributed by atoms with Gasteiger partial charge in [-0.3, -0.25) is 4.57 Å². The number of nitrogens with zero attached hydrogens (tertiary/aromatic N) is 3. The predicted molar refractivity (Wildman–Crippen MR) is 120 cm³/mol. The van der Waals surface area contributed by atoms with Gasteiger partial charge in [-0.2, -0.15) is 0 Å². The molecule has 164 valence electrons. The molecule has 3 aromatic carbocycles. The first-order valence-electron chi connectivity index (χ1n) is 9.58. The van der Waals surface area contributed by atoms with Crippen LogP contribution in [0.15, 0.2) is 71.9 Å². The average Bonchev–Trinajstić information content (AvgIpc) is 3.21. The molecule has 9 heteroatoms. The van der Waals surface area contributed by atoms with E-state index < -0.39 is 11.6 Å². The number of ether oxygens (including phenoxy) is 2. The van der Waals surface area contributed by atoms with Crippen LogP contribution in [0.25, 0.3) is 5.69 Å². The molecule has 0 aliphatic heterocycles. The van der Waals surface area contributed by atoms with Crippen molar-refractivity contribution in [2.45, 2.75) is 17.5 Å². The summed E-state index contributed by atoms with van der Waals surface area (Å²) in [6, 6.07) is 18.1. The highest BCUT2D eigenvalue weighted by atomic mass is 35.5.